The van der Waals surface area contributed by atoms with E-state index >= 15 is 0 Å². The van der Waals surface area contributed by atoms with Gasteiger partial charge >= 0.3 is 0 Å². The summed E-state index contributed by atoms with van der Waals surface area (Å²) in [6, 6.07) is 0. The molecule has 0 aliphatic heterocycles. The van der Waals surface area contributed by atoms with E-state index in [1.807, 2.05) is 0 Å². The SMILES string of the molecule is OCC1C2C=C[C@@H](C2)[C@H]1CO. The first-order valence-electron chi connectivity index (χ1n) is 4.27. The number of hydrogen-bond acceptors (Lipinski definition) is 2. The Bertz CT molecular complexity index is 158. The Morgan fingerprint density at radius 2 is 1.45 bits per heavy atom. The van der Waals surface area contributed by atoms with Crippen molar-refractivity contribution in [3.05, 3.63) is 12.2 Å². The van der Waals surface area contributed by atoms with Crippen LogP contribution in [0.25, 0.3) is 0 Å². The highest BCUT2D eigenvalue weighted by Gasteiger charge is 2.43. The van der Waals surface area contributed by atoms with Crippen molar-refractivity contribution in [1.82, 2.24) is 0 Å². The maximum Gasteiger partial charge on any atom is 0.0468 e. The number of fused-ring (bicyclic) bond motifs is 2. The van der Waals surface area contributed by atoms with Gasteiger partial charge in [0.05, 0.1) is 0 Å². The summed E-state index contributed by atoms with van der Waals surface area (Å²) in [6.45, 7) is 0.466. The average molecular weight is 154 g/mol. The number of rotatable bonds is 2. The highest BCUT2D eigenvalue weighted by Crippen LogP contribution is 2.47. The molecule has 0 aromatic heterocycles. The van der Waals surface area contributed by atoms with E-state index in [2.05, 4.69) is 12.2 Å². The van der Waals surface area contributed by atoms with Crippen LogP contribution < -0.4 is 0 Å². The van der Waals surface area contributed by atoms with E-state index in [1.54, 1.807) is 0 Å². The Kier molecular flexibility index (Phi) is 1.74. The lowest BCUT2D eigenvalue weighted by Crippen LogP contribution is -2.25. The van der Waals surface area contributed by atoms with Crippen LogP contribution >= 0.6 is 0 Å². The molecule has 1 fully saturated rings. The van der Waals surface area contributed by atoms with Gasteiger partial charge in [-0.1, -0.05) is 12.2 Å². The lowest BCUT2D eigenvalue weighted by molar-refractivity contribution is 0.112. The van der Waals surface area contributed by atoms with Crippen LogP contribution in [-0.2, 0) is 0 Å². The van der Waals surface area contributed by atoms with Crippen molar-refractivity contribution < 1.29 is 10.2 Å². The summed E-state index contributed by atoms with van der Waals surface area (Å²) < 4.78 is 0. The van der Waals surface area contributed by atoms with Crippen LogP contribution in [-0.4, -0.2) is 23.4 Å². The van der Waals surface area contributed by atoms with Crippen LogP contribution in [0.5, 0.6) is 0 Å². The highest BCUT2D eigenvalue weighted by atomic mass is 16.3. The molecule has 2 rings (SSSR count). The first-order chi connectivity index (χ1) is 5.36. The summed E-state index contributed by atoms with van der Waals surface area (Å²) >= 11 is 0. The molecule has 4 atom stereocenters. The van der Waals surface area contributed by atoms with Gasteiger partial charge in [0, 0.05) is 13.2 Å². The molecule has 1 saturated carbocycles. The van der Waals surface area contributed by atoms with Gasteiger partial charge < -0.3 is 10.2 Å². The van der Waals surface area contributed by atoms with Gasteiger partial charge in [0.15, 0.2) is 0 Å². The second kappa shape index (κ2) is 2.61. The molecular formula is C9H14O2. The normalized spacial score (nSPS) is 47.1. The van der Waals surface area contributed by atoms with Gasteiger partial charge in [0.25, 0.3) is 0 Å². The number of aliphatic hydroxyl groups excluding tert-OH is 2. The molecule has 62 valence electrons. The Labute approximate surface area is 66.5 Å². The van der Waals surface area contributed by atoms with E-state index in [1.165, 1.54) is 0 Å². The van der Waals surface area contributed by atoms with Crippen LogP contribution in [0.1, 0.15) is 6.42 Å². The fourth-order valence-corrected chi connectivity index (χ4v) is 2.57. The number of hydrogen-bond donors (Lipinski definition) is 2. The maximum atomic E-state index is 9.04. The van der Waals surface area contributed by atoms with Gasteiger partial charge in [-0.05, 0) is 30.1 Å². The standard InChI is InChI=1S/C9H14O2/c10-4-8-6-1-2-7(3-6)9(8)5-11/h1-2,6-11H,3-5H2/t6-,7?,8+,9?/m0/s1. The van der Waals surface area contributed by atoms with Crippen LogP contribution in [0.2, 0.25) is 0 Å². The summed E-state index contributed by atoms with van der Waals surface area (Å²) in [6.07, 6.45) is 5.53. The van der Waals surface area contributed by atoms with E-state index in [4.69, 9.17) is 10.2 Å². The molecule has 0 aromatic carbocycles. The van der Waals surface area contributed by atoms with Gasteiger partial charge in [-0.15, -0.1) is 0 Å². The first kappa shape index (κ1) is 7.32. The molecule has 2 aliphatic rings. The summed E-state index contributed by atoms with van der Waals surface area (Å²) in [5, 5.41) is 18.1. The molecule has 0 saturated heterocycles. The van der Waals surface area contributed by atoms with Crippen molar-refractivity contribution in [2.75, 3.05) is 13.2 Å². The van der Waals surface area contributed by atoms with Crippen molar-refractivity contribution >= 4 is 0 Å². The predicted molar refractivity (Wildman–Crippen MR) is 41.9 cm³/mol. The zero-order chi connectivity index (χ0) is 7.84. The van der Waals surface area contributed by atoms with Gasteiger partial charge in [0.1, 0.15) is 0 Å². The maximum absolute atomic E-state index is 9.04. The van der Waals surface area contributed by atoms with Crippen molar-refractivity contribution in [2.45, 2.75) is 6.42 Å². The number of aliphatic hydroxyl groups is 2. The summed E-state index contributed by atoms with van der Waals surface area (Å²) in [5.74, 6) is 1.74. The second-order valence-electron chi connectivity index (χ2n) is 3.64. The lowest BCUT2D eigenvalue weighted by Gasteiger charge is -2.23. The quantitative estimate of drug-likeness (QED) is 0.565. The molecule has 2 nitrogen and oxygen atoms in total. The molecule has 2 aliphatic carbocycles. The third kappa shape index (κ3) is 0.932. The Morgan fingerprint density at radius 3 is 1.82 bits per heavy atom. The smallest absolute Gasteiger partial charge is 0.0468 e. The van der Waals surface area contributed by atoms with E-state index < -0.39 is 0 Å². The van der Waals surface area contributed by atoms with Gasteiger partial charge in [-0.3, -0.25) is 0 Å². The fraction of sp³-hybridized carbons (Fsp3) is 0.778. The molecule has 0 heterocycles. The Hall–Kier alpha value is -0.340. The van der Waals surface area contributed by atoms with Crippen molar-refractivity contribution in [2.24, 2.45) is 23.7 Å². The van der Waals surface area contributed by atoms with E-state index in [-0.39, 0.29) is 13.2 Å². The van der Waals surface area contributed by atoms with Crippen molar-refractivity contribution in [3.63, 3.8) is 0 Å². The fourth-order valence-electron chi connectivity index (χ4n) is 2.57. The number of allylic oxidation sites excluding steroid dienone is 2. The summed E-state index contributed by atoms with van der Waals surface area (Å²) in [5.41, 5.74) is 0. The third-order valence-electron chi connectivity index (χ3n) is 3.22. The molecule has 2 N–H and O–H groups in total. The van der Waals surface area contributed by atoms with Gasteiger partial charge in [-0.25, -0.2) is 0 Å². The molecule has 2 bridgehead atoms. The van der Waals surface area contributed by atoms with Crippen LogP contribution in [0, 0.1) is 23.7 Å². The summed E-state index contributed by atoms with van der Waals surface area (Å²) in [4.78, 5) is 0. The minimum atomic E-state index is 0.233. The van der Waals surface area contributed by atoms with Crippen molar-refractivity contribution in [3.8, 4) is 0 Å². The van der Waals surface area contributed by atoms with Crippen LogP contribution in [0.15, 0.2) is 12.2 Å². The third-order valence-corrected chi connectivity index (χ3v) is 3.22. The molecule has 0 aromatic rings. The zero-order valence-corrected chi connectivity index (χ0v) is 6.48. The predicted octanol–water partition coefficient (Wildman–Crippen LogP) is 0.409. The minimum absolute atomic E-state index is 0.233. The molecular weight excluding hydrogens is 140 g/mol. The Balaban J connectivity index is 2.15. The zero-order valence-electron chi connectivity index (χ0n) is 6.48. The topological polar surface area (TPSA) is 40.5 Å². The average Bonchev–Trinajstić information content (AvgIpc) is 2.60. The van der Waals surface area contributed by atoms with E-state index in [0.29, 0.717) is 23.7 Å². The van der Waals surface area contributed by atoms with Crippen molar-refractivity contribution in [1.29, 1.82) is 0 Å². The molecule has 2 unspecified atom stereocenters. The molecule has 11 heavy (non-hydrogen) atoms. The Morgan fingerprint density at radius 1 is 1.00 bits per heavy atom. The molecule has 0 radical (unpaired) electrons. The highest BCUT2D eigenvalue weighted by molar-refractivity contribution is 5.13. The van der Waals surface area contributed by atoms with Gasteiger partial charge in [-0.2, -0.15) is 0 Å². The first-order valence-corrected chi connectivity index (χ1v) is 4.27. The lowest BCUT2D eigenvalue weighted by atomic mass is 9.84. The monoisotopic (exact) mass is 154 g/mol. The summed E-state index contributed by atoms with van der Waals surface area (Å²) in [7, 11) is 0. The van der Waals surface area contributed by atoms with E-state index in [9.17, 15) is 0 Å². The molecule has 0 spiro atoms. The van der Waals surface area contributed by atoms with E-state index in [0.717, 1.165) is 6.42 Å². The minimum Gasteiger partial charge on any atom is -0.396 e. The molecule has 0 amide bonds. The van der Waals surface area contributed by atoms with Gasteiger partial charge in [0.2, 0.25) is 0 Å². The second-order valence-corrected chi connectivity index (χ2v) is 3.64. The largest absolute Gasteiger partial charge is 0.396 e. The van der Waals surface area contributed by atoms with Crippen LogP contribution in [0.3, 0.4) is 0 Å². The molecule has 2 heteroatoms. The van der Waals surface area contributed by atoms with Crippen LogP contribution in [0.4, 0.5) is 0 Å².